The lowest BCUT2D eigenvalue weighted by Crippen LogP contribution is -2.57. The Labute approximate surface area is 217 Å². The molecule has 0 spiro atoms. The monoisotopic (exact) mass is 494 g/mol. The van der Waals surface area contributed by atoms with E-state index in [0.717, 1.165) is 11.1 Å². The minimum Gasteiger partial charge on any atom is -0.454 e. The highest BCUT2D eigenvalue weighted by Gasteiger charge is 2.57. The van der Waals surface area contributed by atoms with E-state index in [4.69, 9.17) is 9.47 Å². The van der Waals surface area contributed by atoms with Crippen LogP contribution in [0, 0.1) is 24.2 Å². The zero-order chi connectivity index (χ0) is 26.0. The Bertz CT molecular complexity index is 1340. The molecular weight excluding hydrogens is 464 g/mol. The molecule has 1 fully saturated rings. The highest BCUT2D eigenvalue weighted by Crippen LogP contribution is 2.56. The van der Waals surface area contributed by atoms with Gasteiger partial charge in [-0.1, -0.05) is 62.4 Å². The number of nitrogens with zero attached hydrogens (tertiary/aromatic N) is 2. The van der Waals surface area contributed by atoms with Gasteiger partial charge in [0.15, 0.2) is 0 Å². The van der Waals surface area contributed by atoms with Crippen LogP contribution in [-0.4, -0.2) is 34.1 Å². The summed E-state index contributed by atoms with van der Waals surface area (Å²) in [5.41, 5.74) is 2.64. The Balaban J connectivity index is 1.62. The van der Waals surface area contributed by atoms with E-state index in [9.17, 15) is 9.59 Å². The summed E-state index contributed by atoms with van der Waals surface area (Å²) in [6.45, 7) is 6.33. The Morgan fingerprint density at radius 2 is 1.38 bits per heavy atom. The van der Waals surface area contributed by atoms with Gasteiger partial charge in [0.05, 0.1) is 11.1 Å². The van der Waals surface area contributed by atoms with Crippen molar-refractivity contribution in [3.63, 3.8) is 0 Å². The van der Waals surface area contributed by atoms with E-state index in [2.05, 4.69) is 61.1 Å². The third kappa shape index (κ3) is 4.59. The average molecular weight is 495 g/mol. The number of aromatic nitrogens is 2. The number of hydrogen-bond donors (Lipinski definition) is 0. The van der Waals surface area contributed by atoms with Crippen molar-refractivity contribution in [1.82, 2.24) is 9.97 Å². The zero-order valence-electron chi connectivity index (χ0n) is 21.2. The first kappa shape index (κ1) is 24.6. The van der Waals surface area contributed by atoms with Gasteiger partial charge in [-0.05, 0) is 53.6 Å². The maximum atomic E-state index is 13.4. The normalized spacial score (nSPS) is 28.2. The molecule has 0 saturated heterocycles. The summed E-state index contributed by atoms with van der Waals surface area (Å²) in [7, 11) is 0. The number of hydrogen-bond acceptors (Lipinski definition) is 6. The topological polar surface area (TPSA) is 78.4 Å². The van der Waals surface area contributed by atoms with Crippen LogP contribution in [0.25, 0.3) is 0 Å². The lowest BCUT2D eigenvalue weighted by molar-refractivity contribution is -0.121. The molecule has 2 aliphatic carbocycles. The van der Waals surface area contributed by atoms with Crippen LogP contribution in [0.5, 0.6) is 0 Å². The second kappa shape index (κ2) is 10.1. The molecule has 1 aromatic carbocycles. The Morgan fingerprint density at radius 3 is 1.97 bits per heavy atom. The molecule has 0 aliphatic heterocycles. The number of allylic oxidation sites excluding steroid dienone is 4. The smallest absolute Gasteiger partial charge is 0.338 e. The van der Waals surface area contributed by atoms with Crippen molar-refractivity contribution >= 4 is 11.9 Å². The van der Waals surface area contributed by atoms with Crippen molar-refractivity contribution in [3.8, 4) is 0 Å². The van der Waals surface area contributed by atoms with Gasteiger partial charge in [0, 0.05) is 36.6 Å². The molecule has 0 N–H and O–H groups in total. The first-order valence-corrected chi connectivity index (χ1v) is 12.5. The fourth-order valence-corrected chi connectivity index (χ4v) is 5.77. The number of carbonyl (C=O) groups is 2. The summed E-state index contributed by atoms with van der Waals surface area (Å²) in [5.74, 6) is -1.28. The Morgan fingerprint density at radius 1 is 0.811 bits per heavy atom. The minimum absolute atomic E-state index is 0.0275. The molecule has 2 heterocycles. The summed E-state index contributed by atoms with van der Waals surface area (Å²) in [6, 6.07) is 14.6. The summed E-state index contributed by atoms with van der Waals surface area (Å²) in [6.07, 6.45) is 13.3. The maximum absolute atomic E-state index is 13.4. The third-order valence-electron chi connectivity index (χ3n) is 8.01. The number of fused-ring (bicyclic) bond motifs is 1. The van der Waals surface area contributed by atoms with Crippen LogP contribution in [0.2, 0.25) is 0 Å². The van der Waals surface area contributed by atoms with E-state index < -0.39 is 24.1 Å². The quantitative estimate of drug-likeness (QED) is 0.422. The molecule has 2 aliphatic rings. The first-order valence-electron chi connectivity index (χ1n) is 12.5. The van der Waals surface area contributed by atoms with Crippen molar-refractivity contribution in [2.24, 2.45) is 17.3 Å². The molecule has 0 bridgehead atoms. The van der Waals surface area contributed by atoms with Crippen LogP contribution >= 0.6 is 0 Å². The molecule has 6 nitrogen and oxygen atoms in total. The van der Waals surface area contributed by atoms with E-state index >= 15 is 0 Å². The lowest BCUT2D eigenvalue weighted by Gasteiger charge is -2.54. The lowest BCUT2D eigenvalue weighted by atomic mass is 9.53. The van der Waals surface area contributed by atoms with E-state index in [1.165, 1.54) is 0 Å². The predicted molar refractivity (Wildman–Crippen MR) is 140 cm³/mol. The number of ether oxygens (including phenoxy) is 2. The van der Waals surface area contributed by atoms with Crippen LogP contribution in [0.1, 0.15) is 51.6 Å². The van der Waals surface area contributed by atoms with Crippen molar-refractivity contribution in [2.45, 2.75) is 38.9 Å². The number of esters is 2. The third-order valence-corrected chi connectivity index (χ3v) is 8.01. The number of benzene rings is 1. The zero-order valence-corrected chi connectivity index (χ0v) is 21.2. The fourth-order valence-electron chi connectivity index (χ4n) is 5.77. The standard InChI is InChI=1S/C31H30N2O4/c1-20-8-4-5-9-24(20)26-25-10-6-7-15-31(25,3)21(2)27(36-29(34)22-11-16-32-17-12-22)28(26)37-30(35)23-13-18-33-19-14-23/h4-19,21,25-28H,1-3H3. The summed E-state index contributed by atoms with van der Waals surface area (Å²) in [4.78, 5) is 34.7. The van der Waals surface area contributed by atoms with Crippen molar-refractivity contribution < 1.29 is 19.1 Å². The average Bonchev–Trinajstić information content (AvgIpc) is 2.93. The Kier molecular flexibility index (Phi) is 6.74. The predicted octanol–water partition coefficient (Wildman–Crippen LogP) is 5.72. The molecule has 3 aromatic rings. The largest absolute Gasteiger partial charge is 0.454 e. The molecule has 6 atom stereocenters. The SMILES string of the molecule is Cc1ccccc1C1C(OC(=O)c2ccncc2)C(OC(=O)c2ccncc2)C(C)C2(C)C=CC=CC12. The van der Waals surface area contributed by atoms with Crippen LogP contribution in [0.4, 0.5) is 0 Å². The van der Waals surface area contributed by atoms with Crippen LogP contribution in [0.3, 0.4) is 0 Å². The van der Waals surface area contributed by atoms with Gasteiger partial charge in [-0.3, -0.25) is 9.97 Å². The van der Waals surface area contributed by atoms with E-state index in [-0.39, 0.29) is 23.2 Å². The van der Waals surface area contributed by atoms with Crippen molar-refractivity contribution in [1.29, 1.82) is 0 Å². The molecule has 0 amide bonds. The van der Waals surface area contributed by atoms with Gasteiger partial charge < -0.3 is 9.47 Å². The Hall–Kier alpha value is -4.06. The number of aryl methyl sites for hydroxylation is 1. The molecule has 5 rings (SSSR count). The minimum atomic E-state index is -0.711. The second-order valence-electron chi connectivity index (χ2n) is 10.0. The summed E-state index contributed by atoms with van der Waals surface area (Å²) in [5, 5.41) is 0. The summed E-state index contributed by atoms with van der Waals surface area (Å²) < 4.78 is 12.5. The van der Waals surface area contributed by atoms with Crippen LogP contribution in [-0.2, 0) is 9.47 Å². The molecule has 0 radical (unpaired) electrons. The second-order valence-corrected chi connectivity index (χ2v) is 10.0. The molecule has 37 heavy (non-hydrogen) atoms. The molecule has 188 valence electrons. The fraction of sp³-hybridized carbons (Fsp3) is 0.290. The maximum Gasteiger partial charge on any atom is 0.338 e. The molecule has 1 saturated carbocycles. The van der Waals surface area contributed by atoms with E-state index in [1.54, 1.807) is 49.1 Å². The van der Waals surface area contributed by atoms with Crippen molar-refractivity contribution in [2.75, 3.05) is 0 Å². The van der Waals surface area contributed by atoms with Crippen LogP contribution in [0.15, 0.2) is 97.6 Å². The highest BCUT2D eigenvalue weighted by molar-refractivity contribution is 5.90. The van der Waals surface area contributed by atoms with E-state index in [0.29, 0.717) is 11.1 Å². The van der Waals surface area contributed by atoms with Gasteiger partial charge in [0.2, 0.25) is 0 Å². The highest BCUT2D eigenvalue weighted by atomic mass is 16.6. The molecule has 6 unspecified atom stereocenters. The van der Waals surface area contributed by atoms with Crippen molar-refractivity contribution in [3.05, 3.63) is 120 Å². The van der Waals surface area contributed by atoms with Gasteiger partial charge in [-0.2, -0.15) is 0 Å². The van der Waals surface area contributed by atoms with Gasteiger partial charge in [-0.25, -0.2) is 9.59 Å². The van der Waals surface area contributed by atoms with Gasteiger partial charge in [-0.15, -0.1) is 0 Å². The first-order chi connectivity index (χ1) is 17.9. The number of pyridine rings is 2. The number of carbonyl (C=O) groups excluding carboxylic acids is 2. The number of rotatable bonds is 5. The van der Waals surface area contributed by atoms with Crippen LogP contribution < -0.4 is 0 Å². The van der Waals surface area contributed by atoms with Gasteiger partial charge >= 0.3 is 11.9 Å². The molecule has 6 heteroatoms. The van der Waals surface area contributed by atoms with E-state index in [1.807, 2.05) is 18.2 Å². The van der Waals surface area contributed by atoms with Gasteiger partial charge in [0.1, 0.15) is 12.2 Å². The molecular formula is C31H30N2O4. The summed E-state index contributed by atoms with van der Waals surface area (Å²) >= 11 is 0. The van der Waals surface area contributed by atoms with Gasteiger partial charge in [0.25, 0.3) is 0 Å². The molecule has 2 aromatic heterocycles.